The van der Waals surface area contributed by atoms with Crippen LogP contribution in [0.15, 0.2) is 30.3 Å². The lowest BCUT2D eigenvalue weighted by molar-refractivity contribution is -0.152. The first-order valence-electron chi connectivity index (χ1n) is 8.40. The predicted octanol–water partition coefficient (Wildman–Crippen LogP) is 0.00150. The second-order valence-electron chi connectivity index (χ2n) is 6.09. The summed E-state index contributed by atoms with van der Waals surface area (Å²) in [7, 11) is 1.45. The van der Waals surface area contributed by atoms with Crippen LogP contribution in [0.1, 0.15) is 24.9 Å². The number of rotatable bonds is 7. The first kappa shape index (κ1) is 19.4. The molecule has 0 saturated carbocycles. The number of amides is 3. The second kappa shape index (κ2) is 8.98. The van der Waals surface area contributed by atoms with Gasteiger partial charge >= 0.3 is 5.97 Å². The van der Waals surface area contributed by atoms with Gasteiger partial charge in [0.25, 0.3) is 5.91 Å². The van der Waals surface area contributed by atoms with Gasteiger partial charge in [-0.15, -0.1) is 0 Å². The maximum absolute atomic E-state index is 12.2. The number of likely N-dealkylation sites (N-methyl/N-ethyl adjacent to an activating group) is 1. The number of nitrogens with one attached hydrogen (secondary N) is 2. The molecular weight excluding hydrogens is 338 g/mol. The largest absolute Gasteiger partial charge is 0.455 e. The zero-order chi connectivity index (χ0) is 19.1. The molecule has 2 N–H and O–H groups in total. The van der Waals surface area contributed by atoms with E-state index in [2.05, 4.69) is 10.6 Å². The highest BCUT2D eigenvalue weighted by molar-refractivity contribution is 5.89. The summed E-state index contributed by atoms with van der Waals surface area (Å²) in [5.41, 5.74) is 0.989. The van der Waals surface area contributed by atoms with E-state index in [-0.39, 0.29) is 37.4 Å². The maximum atomic E-state index is 12.2. The minimum atomic E-state index is -0.597. The monoisotopic (exact) mass is 361 g/mol. The lowest BCUT2D eigenvalue weighted by Crippen LogP contribution is -2.38. The molecule has 0 bridgehead atoms. The predicted molar refractivity (Wildman–Crippen MR) is 92.7 cm³/mol. The highest BCUT2D eigenvalue weighted by atomic mass is 16.5. The molecule has 0 unspecified atom stereocenters. The number of nitrogens with zero attached hydrogens (tertiary/aromatic N) is 1. The molecule has 1 aliphatic rings. The summed E-state index contributed by atoms with van der Waals surface area (Å²) >= 11 is 0. The Balaban J connectivity index is 1.83. The molecule has 8 heteroatoms. The molecule has 0 radical (unpaired) electrons. The van der Waals surface area contributed by atoms with Gasteiger partial charge in [-0.05, 0) is 12.5 Å². The third-order valence-corrected chi connectivity index (χ3v) is 4.31. The fraction of sp³-hybridized carbons (Fsp3) is 0.444. The highest BCUT2D eigenvalue weighted by Crippen LogP contribution is 2.28. The van der Waals surface area contributed by atoms with Crippen LogP contribution in [-0.2, 0) is 23.9 Å². The first-order chi connectivity index (χ1) is 12.4. The van der Waals surface area contributed by atoms with Crippen LogP contribution in [0, 0.1) is 5.92 Å². The molecule has 26 heavy (non-hydrogen) atoms. The van der Waals surface area contributed by atoms with Gasteiger partial charge in [0.05, 0.1) is 18.5 Å². The number of hydrogen-bond donors (Lipinski definition) is 2. The molecular formula is C18H23N3O5. The van der Waals surface area contributed by atoms with Crippen LogP contribution in [0.25, 0.3) is 0 Å². The van der Waals surface area contributed by atoms with Crippen LogP contribution in [0.2, 0.25) is 0 Å². The summed E-state index contributed by atoms with van der Waals surface area (Å²) in [6, 6.07) is 9.42. The second-order valence-corrected chi connectivity index (χ2v) is 6.09. The summed E-state index contributed by atoms with van der Waals surface area (Å²) in [6.07, 6.45) is 0.0653. The van der Waals surface area contributed by atoms with Crippen molar-refractivity contribution in [3.05, 3.63) is 35.9 Å². The Labute approximate surface area is 151 Å². The van der Waals surface area contributed by atoms with Gasteiger partial charge < -0.3 is 20.3 Å². The van der Waals surface area contributed by atoms with Gasteiger partial charge in [0.15, 0.2) is 6.61 Å². The molecule has 1 heterocycles. The normalized spacial score (nSPS) is 17.5. The summed E-state index contributed by atoms with van der Waals surface area (Å²) in [5.74, 6) is -2.22. The van der Waals surface area contributed by atoms with Gasteiger partial charge in [0, 0.05) is 20.0 Å². The van der Waals surface area contributed by atoms with Crippen LogP contribution in [0.3, 0.4) is 0 Å². The third-order valence-electron chi connectivity index (χ3n) is 4.31. The number of esters is 1. The molecule has 8 nitrogen and oxygen atoms in total. The number of ether oxygens (including phenoxy) is 1. The number of hydrogen-bond acceptors (Lipinski definition) is 5. The maximum Gasteiger partial charge on any atom is 0.311 e. The van der Waals surface area contributed by atoms with Crippen molar-refractivity contribution in [1.29, 1.82) is 0 Å². The molecule has 1 saturated heterocycles. The van der Waals surface area contributed by atoms with E-state index in [1.807, 2.05) is 37.3 Å². The molecule has 140 valence electrons. The Morgan fingerprint density at radius 1 is 1.23 bits per heavy atom. The van der Waals surface area contributed by atoms with Crippen LogP contribution < -0.4 is 10.6 Å². The number of likely N-dealkylation sites (tertiary alicyclic amines) is 1. The zero-order valence-electron chi connectivity index (χ0n) is 14.9. The van der Waals surface area contributed by atoms with Gasteiger partial charge in [0.2, 0.25) is 11.8 Å². The van der Waals surface area contributed by atoms with E-state index < -0.39 is 24.4 Å². The average Bonchev–Trinajstić information content (AvgIpc) is 3.05. The van der Waals surface area contributed by atoms with Gasteiger partial charge in [-0.2, -0.15) is 0 Å². The average molecular weight is 361 g/mol. The van der Waals surface area contributed by atoms with E-state index in [0.29, 0.717) is 0 Å². The van der Waals surface area contributed by atoms with Crippen molar-refractivity contribution in [2.45, 2.75) is 19.4 Å². The fourth-order valence-electron chi connectivity index (χ4n) is 2.75. The molecule has 1 aromatic rings. The molecule has 0 aromatic heterocycles. The van der Waals surface area contributed by atoms with Crippen molar-refractivity contribution in [1.82, 2.24) is 15.5 Å². The van der Waals surface area contributed by atoms with Crippen molar-refractivity contribution in [2.24, 2.45) is 5.92 Å². The standard InChI is InChI=1S/C18H23N3O5/c1-12(13-6-4-3-5-7-13)21-10-14(8-17(21)24)18(25)26-11-16(23)20-9-15(22)19-2/h3-7,12,14H,8-11H2,1-2H3,(H,19,22)(H,20,23)/t12-,14+/m1/s1. The Morgan fingerprint density at radius 3 is 2.58 bits per heavy atom. The Bertz CT molecular complexity index is 677. The molecule has 1 aliphatic heterocycles. The number of carbonyl (C=O) groups excluding carboxylic acids is 4. The molecule has 1 fully saturated rings. The summed E-state index contributed by atoms with van der Waals surface area (Å²) in [4.78, 5) is 48.6. The van der Waals surface area contributed by atoms with Crippen molar-refractivity contribution in [3.8, 4) is 0 Å². The van der Waals surface area contributed by atoms with E-state index in [1.165, 1.54) is 7.05 Å². The van der Waals surface area contributed by atoms with Gasteiger partial charge in [0.1, 0.15) is 0 Å². The number of carbonyl (C=O) groups is 4. The van der Waals surface area contributed by atoms with Crippen LogP contribution in [0.5, 0.6) is 0 Å². The Hall–Kier alpha value is -2.90. The van der Waals surface area contributed by atoms with E-state index >= 15 is 0 Å². The SMILES string of the molecule is CNC(=O)CNC(=O)COC(=O)[C@H]1CC(=O)N([C@H](C)c2ccccc2)C1. The highest BCUT2D eigenvalue weighted by Gasteiger charge is 2.38. The fourth-order valence-corrected chi connectivity index (χ4v) is 2.75. The summed E-state index contributed by atoms with van der Waals surface area (Å²) < 4.78 is 4.97. The van der Waals surface area contributed by atoms with Crippen LogP contribution in [0.4, 0.5) is 0 Å². The summed E-state index contributed by atoms with van der Waals surface area (Å²) in [5, 5.41) is 4.69. The van der Waals surface area contributed by atoms with Crippen molar-refractivity contribution in [2.75, 3.05) is 26.7 Å². The molecule has 1 aromatic carbocycles. The van der Waals surface area contributed by atoms with E-state index in [1.54, 1.807) is 4.90 Å². The van der Waals surface area contributed by atoms with E-state index in [4.69, 9.17) is 4.74 Å². The van der Waals surface area contributed by atoms with Gasteiger partial charge in [-0.25, -0.2) is 0 Å². The topological polar surface area (TPSA) is 105 Å². The van der Waals surface area contributed by atoms with Crippen molar-refractivity contribution >= 4 is 23.7 Å². The number of benzene rings is 1. The van der Waals surface area contributed by atoms with Crippen LogP contribution >= 0.6 is 0 Å². The van der Waals surface area contributed by atoms with Crippen LogP contribution in [-0.4, -0.2) is 55.3 Å². The Kier molecular flexibility index (Phi) is 6.71. The molecule has 0 aliphatic carbocycles. The van der Waals surface area contributed by atoms with Gasteiger partial charge in [-0.3, -0.25) is 19.2 Å². The summed E-state index contributed by atoms with van der Waals surface area (Å²) in [6.45, 7) is 1.51. The molecule has 0 spiro atoms. The minimum Gasteiger partial charge on any atom is -0.455 e. The lowest BCUT2D eigenvalue weighted by atomic mass is 10.1. The smallest absolute Gasteiger partial charge is 0.311 e. The molecule has 3 amide bonds. The van der Waals surface area contributed by atoms with Crippen molar-refractivity contribution in [3.63, 3.8) is 0 Å². The quantitative estimate of drug-likeness (QED) is 0.665. The van der Waals surface area contributed by atoms with Crippen molar-refractivity contribution < 1.29 is 23.9 Å². The van der Waals surface area contributed by atoms with E-state index in [0.717, 1.165) is 5.56 Å². The first-order valence-corrected chi connectivity index (χ1v) is 8.40. The zero-order valence-corrected chi connectivity index (χ0v) is 14.9. The molecule has 2 rings (SSSR count). The van der Waals surface area contributed by atoms with E-state index in [9.17, 15) is 19.2 Å². The third kappa shape index (κ3) is 5.05. The minimum absolute atomic E-state index is 0.0653. The van der Waals surface area contributed by atoms with Gasteiger partial charge in [-0.1, -0.05) is 30.3 Å². The Morgan fingerprint density at radius 2 is 1.92 bits per heavy atom. The lowest BCUT2D eigenvalue weighted by Gasteiger charge is -2.25. The molecule has 2 atom stereocenters.